The second-order valence-corrected chi connectivity index (χ2v) is 22.0. The van der Waals surface area contributed by atoms with E-state index < -0.39 is 137 Å². The maximum Gasteiger partial charge on any atom is 0.490 e. The zero-order chi connectivity index (χ0) is 54.5. The molecule has 0 aliphatic carbocycles. The molecule has 2 aliphatic rings. The van der Waals surface area contributed by atoms with Gasteiger partial charge in [0.2, 0.25) is 17.7 Å². The quantitative estimate of drug-likeness (QED) is 0.0213. The Labute approximate surface area is 415 Å². The molecule has 43 heteroatoms. The van der Waals surface area contributed by atoms with Gasteiger partial charge in [0.1, 0.15) is 61.2 Å². The molecule has 6 aromatic heterocycles. The Balaban J connectivity index is 0.932. The first-order valence-electron chi connectivity index (χ1n) is 21.1. The molecule has 0 amide bonds. The first kappa shape index (κ1) is 56.1. The second-order valence-electron chi connectivity index (χ2n) is 16.0. The lowest BCUT2D eigenvalue weighted by Crippen LogP contribution is -2.46. The van der Waals surface area contributed by atoms with Crippen molar-refractivity contribution < 1.29 is 108 Å². The number of fused-ring (bicyclic) bond motifs is 3. The summed E-state index contributed by atoms with van der Waals surface area (Å²) in [6.45, 7) is -5.22. The summed E-state index contributed by atoms with van der Waals surface area (Å²) in [5, 5.41) is 41.7. The molecule has 0 spiro atoms. The van der Waals surface area contributed by atoms with Crippen LogP contribution in [0.5, 0.6) is 0 Å². The number of aryl methyl sites for hydroxylation is 1. The number of phosphoric acid groups is 4. The van der Waals surface area contributed by atoms with Gasteiger partial charge in [0.25, 0.3) is 17.1 Å². The molecule has 0 saturated carbocycles. The molecular formula is C32H46N15O24P4+. The zero-order valence-electron chi connectivity index (χ0n) is 38.2. The third-order valence-electron chi connectivity index (χ3n) is 11.0. The number of imidazole rings is 3. The van der Waals surface area contributed by atoms with E-state index in [-0.39, 0.29) is 51.2 Å². The number of nitrogens with one attached hydrogen (secondary N) is 2. The van der Waals surface area contributed by atoms with Crippen molar-refractivity contribution in [3.63, 3.8) is 0 Å². The topological polar surface area (TPSA) is 562 Å². The van der Waals surface area contributed by atoms with E-state index >= 15 is 0 Å². The highest BCUT2D eigenvalue weighted by atomic mass is 31.3. The maximum atomic E-state index is 13.7. The number of hydrogen-bond acceptors (Lipinski definition) is 29. The number of hydrogen-bond donors (Lipinski definition) is 13. The molecule has 0 bridgehead atoms. The van der Waals surface area contributed by atoms with E-state index in [9.17, 15) is 67.8 Å². The van der Waals surface area contributed by atoms with Crippen LogP contribution in [0.4, 0.5) is 17.7 Å². The molecule has 16 N–H and O–H groups in total. The maximum absolute atomic E-state index is 13.7. The molecule has 8 rings (SSSR count). The average molecular weight is 1150 g/mol. The molecular weight excluding hydrogens is 1100 g/mol. The number of phosphoric ester groups is 3. The highest BCUT2D eigenvalue weighted by Gasteiger charge is 2.53. The first-order valence-corrected chi connectivity index (χ1v) is 27.1. The Bertz CT molecular complexity index is 3390. The van der Waals surface area contributed by atoms with Gasteiger partial charge >= 0.3 is 36.9 Å². The van der Waals surface area contributed by atoms with Gasteiger partial charge in [-0.25, -0.2) is 42.8 Å². The van der Waals surface area contributed by atoms with E-state index in [4.69, 9.17) is 49.7 Å². The number of nitrogen functional groups attached to an aromatic ring is 3. The number of nitrogens with zero attached hydrogens (tertiary/aromatic N) is 10. The Morgan fingerprint density at radius 3 is 2.04 bits per heavy atom. The van der Waals surface area contributed by atoms with Crippen LogP contribution in [0.3, 0.4) is 0 Å². The lowest BCUT2D eigenvalue weighted by Gasteiger charge is -2.26. The number of ether oxygens (including phenoxy) is 4. The van der Waals surface area contributed by atoms with Crippen LogP contribution in [0.2, 0.25) is 0 Å². The second kappa shape index (κ2) is 21.7. The fraction of sp³-hybridized carbons (Fsp3) is 0.531. The Morgan fingerprint density at radius 2 is 1.36 bits per heavy atom. The number of methoxy groups -OCH3 is 1. The van der Waals surface area contributed by atoms with Gasteiger partial charge in [0.15, 0.2) is 41.4 Å². The molecule has 6 aromatic rings. The molecule has 75 heavy (non-hydrogen) atoms. The summed E-state index contributed by atoms with van der Waals surface area (Å²) in [6.07, 6.45) is -12.0. The van der Waals surface area contributed by atoms with Crippen molar-refractivity contribution in [2.75, 3.05) is 57.3 Å². The summed E-state index contributed by atoms with van der Waals surface area (Å²) < 4.78 is 109. The molecule has 6 unspecified atom stereocenters. The van der Waals surface area contributed by atoms with Gasteiger partial charge in [-0.15, -0.1) is 0 Å². The standard InChI is InChI=1S/C32H45N15O24P4/c1-44-11-47(26-18(44)28(53)43-32(35)41-26)15(4-49)66-12(3-48)5-63-73(56,57)70-75(60,61)71-74(58,59)65-7-14-21(22(62-2)30(68-14)45-9-38-16-23(33)36-8-37-24(16)45)69-72(54,55)64-6-13-19(50)20(51)29(67-13)46-10-39-17-25(46)40-31(34)42-27(17)52/h8-15,19-22,29-30,48-51H,3-7H2,1-2H3,(H11-,33,34,35,36,37,40,41,42,43,52,53,54,55,56,57,58,59,60,61)/p+1/t12-,13+,14+,15+,19?,20-,21?,22-,29+,30+/m0/s1. The van der Waals surface area contributed by atoms with E-state index in [1.54, 1.807) is 0 Å². The highest BCUT2D eigenvalue weighted by molar-refractivity contribution is 7.66. The van der Waals surface area contributed by atoms with Crippen LogP contribution in [-0.2, 0) is 71.0 Å². The fourth-order valence-corrected chi connectivity index (χ4v) is 12.3. The summed E-state index contributed by atoms with van der Waals surface area (Å²) in [4.78, 5) is 95.5. The molecule has 2 saturated heterocycles. The summed E-state index contributed by atoms with van der Waals surface area (Å²) in [6, 6.07) is 0. The van der Waals surface area contributed by atoms with Gasteiger partial charge in [0.05, 0.1) is 46.1 Å². The van der Waals surface area contributed by atoms with E-state index in [1.807, 2.05) is 0 Å². The van der Waals surface area contributed by atoms with E-state index in [1.165, 1.54) is 22.5 Å². The van der Waals surface area contributed by atoms with Crippen LogP contribution < -0.4 is 32.9 Å². The number of aliphatic hydroxyl groups excluding tert-OH is 4. The Morgan fingerprint density at radius 1 is 0.747 bits per heavy atom. The SMILES string of the molecule is CO[C@H]1C(OP(=O)(O)OC[C@H]2O[C@@H](n3cnc4c(=O)[nH]c(N)nc43)[C@@H](O)C2O)[C@@H](COP(=O)(O)OP(=O)(O)OP(=O)(O)OC[C@H](CO)O[C@H](CO)[n+]2cn(C)c3c(=O)[nH]c(N)nc32)O[C@H]1n1cnc2c(N)ncnc21. The highest BCUT2D eigenvalue weighted by Crippen LogP contribution is 2.68. The van der Waals surface area contributed by atoms with Gasteiger partial charge in [0, 0.05) is 7.11 Å². The third kappa shape index (κ3) is 12.0. The Kier molecular flexibility index (Phi) is 16.2. The van der Waals surface area contributed by atoms with Crippen molar-refractivity contribution in [3.8, 4) is 0 Å². The monoisotopic (exact) mass is 1150 g/mol. The zero-order valence-corrected chi connectivity index (χ0v) is 41.8. The molecule has 39 nitrogen and oxygen atoms in total. The minimum atomic E-state index is -6.20. The number of aliphatic hydroxyl groups is 4. The largest absolute Gasteiger partial charge is 0.490 e. The Hall–Kier alpha value is -5.15. The van der Waals surface area contributed by atoms with Crippen molar-refractivity contribution in [2.45, 2.75) is 61.4 Å². The molecule has 8 heterocycles. The van der Waals surface area contributed by atoms with Crippen LogP contribution in [0, 0.1) is 0 Å². The van der Waals surface area contributed by atoms with Crippen molar-refractivity contribution in [2.24, 2.45) is 7.05 Å². The van der Waals surface area contributed by atoms with Crippen LogP contribution >= 0.6 is 31.3 Å². The number of aromatic nitrogens is 12. The van der Waals surface area contributed by atoms with Gasteiger partial charge in [-0.2, -0.15) is 13.6 Å². The van der Waals surface area contributed by atoms with E-state index in [2.05, 4.69) is 53.0 Å². The lowest BCUT2D eigenvalue weighted by molar-refractivity contribution is -0.746. The summed E-state index contributed by atoms with van der Waals surface area (Å²) in [5.41, 5.74) is 15.4. The van der Waals surface area contributed by atoms with E-state index in [0.717, 1.165) is 35.2 Å². The van der Waals surface area contributed by atoms with Crippen molar-refractivity contribution >= 4 is 82.5 Å². The molecule has 2 aliphatic heterocycles. The number of rotatable bonds is 23. The molecule has 14 atom stereocenters. The predicted molar refractivity (Wildman–Crippen MR) is 241 cm³/mol. The molecule has 0 radical (unpaired) electrons. The van der Waals surface area contributed by atoms with Gasteiger partial charge in [-0.05, 0) is 0 Å². The van der Waals surface area contributed by atoms with Gasteiger partial charge in [-0.3, -0.25) is 51.4 Å². The third-order valence-corrected chi connectivity index (χ3v) is 16.2. The van der Waals surface area contributed by atoms with Crippen molar-refractivity contribution in [1.29, 1.82) is 0 Å². The first-order chi connectivity index (χ1) is 35.2. The smallest absolute Gasteiger partial charge is 0.394 e. The normalized spacial score (nSPS) is 26.3. The lowest BCUT2D eigenvalue weighted by atomic mass is 10.1. The van der Waals surface area contributed by atoms with Crippen LogP contribution in [0.15, 0.2) is 34.9 Å². The summed E-state index contributed by atoms with van der Waals surface area (Å²) in [7, 11) is -20.9. The predicted octanol–water partition coefficient (Wildman–Crippen LogP) is -4.46. The van der Waals surface area contributed by atoms with E-state index in [0.29, 0.717) is 0 Å². The van der Waals surface area contributed by atoms with Crippen molar-refractivity contribution in [1.82, 2.24) is 53.6 Å². The number of aromatic amines is 2. The number of nitrogens with two attached hydrogens (primary N) is 3. The molecule has 0 aromatic carbocycles. The van der Waals surface area contributed by atoms with Crippen LogP contribution in [0.1, 0.15) is 18.7 Å². The summed E-state index contributed by atoms with van der Waals surface area (Å²) in [5.74, 6) is -0.711. The summed E-state index contributed by atoms with van der Waals surface area (Å²) >= 11 is 0. The molecule has 412 valence electrons. The van der Waals surface area contributed by atoms with Crippen LogP contribution in [0.25, 0.3) is 33.5 Å². The minimum absolute atomic E-state index is 0.00614. The van der Waals surface area contributed by atoms with Gasteiger partial charge in [-0.1, -0.05) is 4.98 Å². The molecule has 2 fully saturated rings. The average Bonchev–Trinajstić information content (AvgIpc) is 4.14. The number of anilines is 3. The fourth-order valence-electron chi connectivity index (χ4n) is 7.78. The van der Waals surface area contributed by atoms with Crippen molar-refractivity contribution in [3.05, 3.63) is 46.0 Å². The van der Waals surface area contributed by atoms with Crippen LogP contribution in [-0.4, -0.2) is 176 Å². The van der Waals surface area contributed by atoms with Gasteiger partial charge < -0.3 is 76.1 Å². The minimum Gasteiger partial charge on any atom is -0.394 e. The number of H-pyrrole nitrogens is 2.